The average Bonchev–Trinajstić information content (AvgIpc) is 2.37. The molecule has 0 saturated heterocycles. The van der Waals surface area contributed by atoms with E-state index in [1.807, 2.05) is 26.8 Å². The molecule has 0 aliphatic carbocycles. The third kappa shape index (κ3) is 9.19. The number of hydrogen-bond donors (Lipinski definition) is 0. The molecule has 0 atom stereocenters. The second kappa shape index (κ2) is 8.78. The Balaban J connectivity index is 2.09. The molecule has 1 aromatic heterocycles. The Kier molecular flexibility index (Phi) is 7.37. The predicted molar refractivity (Wildman–Crippen MR) is 85.0 cm³/mol. The van der Waals surface area contributed by atoms with Crippen molar-refractivity contribution in [2.24, 2.45) is 0 Å². The number of carbonyl (C=O) groups is 1. The van der Waals surface area contributed by atoms with Crippen molar-refractivity contribution in [1.82, 2.24) is 9.97 Å². The minimum absolute atomic E-state index is 0.114. The molecule has 21 heavy (non-hydrogen) atoms. The van der Waals surface area contributed by atoms with Crippen molar-refractivity contribution in [3.05, 3.63) is 29.3 Å². The summed E-state index contributed by atoms with van der Waals surface area (Å²) in [6, 6.07) is 0. The van der Waals surface area contributed by atoms with Gasteiger partial charge >= 0.3 is 5.97 Å². The number of ether oxygens (including phenoxy) is 1. The summed E-state index contributed by atoms with van der Waals surface area (Å²) in [4.78, 5) is 19.3. The summed E-state index contributed by atoms with van der Waals surface area (Å²) < 4.78 is 5.26. The molecule has 0 unspecified atom stereocenters. The number of halogens is 1. The van der Waals surface area contributed by atoms with Crippen LogP contribution in [-0.4, -0.2) is 21.5 Å². The van der Waals surface area contributed by atoms with Gasteiger partial charge in [-0.1, -0.05) is 18.6 Å². The molecule has 0 amide bonds. The topological polar surface area (TPSA) is 52.1 Å². The van der Waals surface area contributed by atoms with Crippen LogP contribution in [0.2, 0.25) is 5.28 Å². The van der Waals surface area contributed by atoms with Gasteiger partial charge in [-0.25, -0.2) is 9.97 Å². The summed E-state index contributed by atoms with van der Waals surface area (Å²) in [7, 11) is 0. The lowest BCUT2D eigenvalue weighted by Gasteiger charge is -2.19. The monoisotopic (exact) mass is 310 g/mol. The SMILES string of the molecule is CC(C)(C)OC(=O)CCCCC/C=C/c1cnc(Cl)nc1. The molecule has 0 aliphatic rings. The fourth-order valence-corrected chi connectivity index (χ4v) is 1.83. The largest absolute Gasteiger partial charge is 0.460 e. The molecule has 1 heterocycles. The first-order valence-corrected chi connectivity index (χ1v) is 7.60. The Morgan fingerprint density at radius 1 is 1.24 bits per heavy atom. The molecule has 4 nitrogen and oxygen atoms in total. The van der Waals surface area contributed by atoms with Crippen molar-refractivity contribution in [1.29, 1.82) is 0 Å². The van der Waals surface area contributed by atoms with Crippen LogP contribution in [0.15, 0.2) is 18.5 Å². The Morgan fingerprint density at radius 2 is 1.90 bits per heavy atom. The first-order valence-electron chi connectivity index (χ1n) is 7.23. The highest BCUT2D eigenvalue weighted by Gasteiger charge is 2.15. The number of allylic oxidation sites excluding steroid dienone is 1. The molecule has 1 aromatic rings. The van der Waals surface area contributed by atoms with Gasteiger partial charge in [0, 0.05) is 24.4 Å². The molecule has 0 aromatic carbocycles. The van der Waals surface area contributed by atoms with Crippen molar-refractivity contribution < 1.29 is 9.53 Å². The maximum atomic E-state index is 11.5. The molecule has 5 heteroatoms. The lowest BCUT2D eigenvalue weighted by Crippen LogP contribution is -2.23. The van der Waals surface area contributed by atoms with Crippen LogP contribution in [-0.2, 0) is 9.53 Å². The fraction of sp³-hybridized carbons (Fsp3) is 0.562. The van der Waals surface area contributed by atoms with Crippen molar-refractivity contribution in [3.8, 4) is 0 Å². The zero-order chi connectivity index (χ0) is 15.7. The van der Waals surface area contributed by atoms with Crippen LogP contribution >= 0.6 is 11.6 Å². The molecule has 116 valence electrons. The van der Waals surface area contributed by atoms with Crippen LogP contribution in [0.4, 0.5) is 0 Å². The van der Waals surface area contributed by atoms with Crippen LogP contribution in [0.25, 0.3) is 6.08 Å². The molecule has 0 bridgehead atoms. The maximum absolute atomic E-state index is 11.5. The van der Waals surface area contributed by atoms with E-state index in [0.29, 0.717) is 6.42 Å². The van der Waals surface area contributed by atoms with Gasteiger partial charge in [-0.05, 0) is 51.6 Å². The van der Waals surface area contributed by atoms with Crippen LogP contribution in [0.3, 0.4) is 0 Å². The molecule has 0 saturated carbocycles. The zero-order valence-electron chi connectivity index (χ0n) is 12.9. The van der Waals surface area contributed by atoms with E-state index in [2.05, 4.69) is 16.0 Å². The summed E-state index contributed by atoms with van der Waals surface area (Å²) in [5, 5.41) is 0.259. The van der Waals surface area contributed by atoms with E-state index in [4.69, 9.17) is 16.3 Å². The standard InChI is InChI=1S/C16H23ClN2O2/c1-16(2,3)21-14(20)10-8-6-4-5-7-9-13-11-18-15(17)19-12-13/h7,9,11-12H,4-6,8,10H2,1-3H3/b9-7+. The molecule has 0 aliphatic heterocycles. The maximum Gasteiger partial charge on any atom is 0.306 e. The van der Waals surface area contributed by atoms with Gasteiger partial charge in [0.05, 0.1) is 0 Å². The molecular formula is C16H23ClN2O2. The summed E-state index contributed by atoms with van der Waals surface area (Å²) in [6.45, 7) is 5.66. The van der Waals surface area contributed by atoms with Gasteiger partial charge in [-0.2, -0.15) is 0 Å². The van der Waals surface area contributed by atoms with Crippen molar-refractivity contribution >= 4 is 23.6 Å². The number of unbranched alkanes of at least 4 members (excludes halogenated alkanes) is 3. The molecule has 0 radical (unpaired) electrons. The van der Waals surface area contributed by atoms with Gasteiger partial charge in [0.2, 0.25) is 5.28 Å². The van der Waals surface area contributed by atoms with E-state index in [1.54, 1.807) is 12.4 Å². The zero-order valence-corrected chi connectivity index (χ0v) is 13.7. The Labute approximate surface area is 131 Å². The average molecular weight is 311 g/mol. The van der Waals surface area contributed by atoms with E-state index in [9.17, 15) is 4.79 Å². The van der Waals surface area contributed by atoms with Gasteiger partial charge in [0.25, 0.3) is 0 Å². The molecule has 1 rings (SSSR count). The summed E-state index contributed by atoms with van der Waals surface area (Å²) >= 11 is 5.61. The van der Waals surface area contributed by atoms with Crippen LogP contribution < -0.4 is 0 Å². The Hall–Kier alpha value is -1.42. The Morgan fingerprint density at radius 3 is 2.52 bits per heavy atom. The number of hydrogen-bond acceptors (Lipinski definition) is 4. The first-order chi connectivity index (χ1) is 9.87. The van der Waals surface area contributed by atoms with Gasteiger partial charge in [0.15, 0.2) is 0 Å². The number of nitrogens with zero attached hydrogens (tertiary/aromatic N) is 2. The van der Waals surface area contributed by atoms with E-state index in [-0.39, 0.29) is 16.9 Å². The van der Waals surface area contributed by atoms with E-state index >= 15 is 0 Å². The third-order valence-corrected chi connectivity index (χ3v) is 2.82. The summed E-state index contributed by atoms with van der Waals surface area (Å²) in [5.74, 6) is -0.114. The fourth-order valence-electron chi connectivity index (χ4n) is 1.73. The van der Waals surface area contributed by atoms with E-state index in [0.717, 1.165) is 31.2 Å². The van der Waals surface area contributed by atoms with Gasteiger partial charge in [0.1, 0.15) is 5.60 Å². The second-order valence-corrected chi connectivity index (χ2v) is 6.21. The smallest absolute Gasteiger partial charge is 0.306 e. The highest BCUT2D eigenvalue weighted by atomic mass is 35.5. The summed E-state index contributed by atoms with van der Waals surface area (Å²) in [6.07, 6.45) is 11.8. The van der Waals surface area contributed by atoms with E-state index < -0.39 is 0 Å². The second-order valence-electron chi connectivity index (χ2n) is 5.87. The first kappa shape index (κ1) is 17.6. The van der Waals surface area contributed by atoms with Crippen LogP contribution in [0.1, 0.15) is 58.4 Å². The number of aromatic nitrogens is 2. The van der Waals surface area contributed by atoms with Crippen LogP contribution in [0, 0.1) is 0 Å². The molecule has 0 fully saturated rings. The van der Waals surface area contributed by atoms with Crippen molar-refractivity contribution in [2.45, 2.75) is 58.5 Å². The minimum Gasteiger partial charge on any atom is -0.460 e. The van der Waals surface area contributed by atoms with Gasteiger partial charge in [-0.3, -0.25) is 4.79 Å². The predicted octanol–water partition coefficient (Wildman–Crippen LogP) is 4.44. The Bertz CT molecular complexity index is 464. The summed E-state index contributed by atoms with van der Waals surface area (Å²) in [5.41, 5.74) is 0.550. The van der Waals surface area contributed by atoms with Crippen LogP contribution in [0.5, 0.6) is 0 Å². The quantitative estimate of drug-likeness (QED) is 0.424. The molecular weight excluding hydrogens is 288 g/mol. The lowest BCUT2D eigenvalue weighted by molar-refractivity contribution is -0.154. The highest BCUT2D eigenvalue weighted by molar-refractivity contribution is 6.28. The lowest BCUT2D eigenvalue weighted by atomic mass is 10.1. The molecule has 0 spiro atoms. The van der Waals surface area contributed by atoms with Gasteiger partial charge in [-0.15, -0.1) is 0 Å². The van der Waals surface area contributed by atoms with Crippen molar-refractivity contribution in [2.75, 3.05) is 0 Å². The van der Waals surface area contributed by atoms with Gasteiger partial charge < -0.3 is 4.74 Å². The molecule has 0 N–H and O–H groups in total. The third-order valence-electron chi connectivity index (χ3n) is 2.62. The van der Waals surface area contributed by atoms with Crippen molar-refractivity contribution in [3.63, 3.8) is 0 Å². The minimum atomic E-state index is -0.388. The number of rotatable bonds is 7. The number of esters is 1. The van der Waals surface area contributed by atoms with E-state index in [1.165, 1.54) is 0 Å². The highest BCUT2D eigenvalue weighted by Crippen LogP contribution is 2.11. The number of carbonyl (C=O) groups excluding carboxylic acids is 1. The normalized spacial score (nSPS) is 11.8.